The van der Waals surface area contributed by atoms with Gasteiger partial charge in [0.2, 0.25) is 4.77 Å². The highest BCUT2D eigenvalue weighted by Crippen LogP contribution is 2.28. The van der Waals surface area contributed by atoms with Crippen LogP contribution in [0.2, 0.25) is 5.02 Å². The van der Waals surface area contributed by atoms with Crippen LogP contribution in [0.25, 0.3) is 28.0 Å². The highest BCUT2D eigenvalue weighted by molar-refractivity contribution is 7.71. The van der Waals surface area contributed by atoms with Gasteiger partial charge in [0.15, 0.2) is 0 Å². The Hall–Kier alpha value is -3.03. The lowest BCUT2D eigenvalue weighted by molar-refractivity contribution is -0.384. The van der Waals surface area contributed by atoms with E-state index in [-0.39, 0.29) is 5.69 Å². The third-order valence-electron chi connectivity index (χ3n) is 4.06. The van der Waals surface area contributed by atoms with Gasteiger partial charge in [0.25, 0.3) is 5.69 Å². The van der Waals surface area contributed by atoms with Crippen molar-refractivity contribution in [2.45, 2.75) is 0 Å². The predicted octanol–water partition coefficient (Wildman–Crippen LogP) is 5.29. The number of nitrogens with one attached hydrogen (secondary N) is 1. The molecular formula is C18H11ClN4O2S. The number of H-pyrrole nitrogens is 1. The second-order valence-electron chi connectivity index (χ2n) is 5.65. The maximum atomic E-state index is 10.8. The first-order chi connectivity index (χ1) is 12.5. The van der Waals surface area contributed by atoms with Crippen molar-refractivity contribution in [1.29, 1.82) is 0 Å². The Morgan fingerprint density at radius 3 is 2.38 bits per heavy atom. The van der Waals surface area contributed by atoms with E-state index in [4.69, 9.17) is 23.8 Å². The highest BCUT2D eigenvalue weighted by Gasteiger charge is 2.11. The number of rotatable bonds is 3. The monoisotopic (exact) mass is 382 g/mol. The van der Waals surface area contributed by atoms with Crippen LogP contribution in [0.4, 0.5) is 5.69 Å². The fourth-order valence-electron chi connectivity index (χ4n) is 2.75. The summed E-state index contributed by atoms with van der Waals surface area (Å²) in [6, 6.07) is 13.8. The molecule has 8 heteroatoms. The van der Waals surface area contributed by atoms with E-state index >= 15 is 0 Å². The summed E-state index contributed by atoms with van der Waals surface area (Å²) in [5.41, 5.74) is 4.27. The summed E-state index contributed by atoms with van der Waals surface area (Å²) < 4.78 is 2.21. The Morgan fingerprint density at radius 1 is 1.08 bits per heavy atom. The minimum Gasteiger partial charge on any atom is -0.339 e. The molecule has 2 heterocycles. The molecule has 0 saturated carbocycles. The van der Waals surface area contributed by atoms with Crippen LogP contribution in [0, 0.1) is 14.9 Å². The maximum absolute atomic E-state index is 10.8. The van der Waals surface area contributed by atoms with Gasteiger partial charge < -0.3 is 4.98 Å². The standard InChI is InChI=1S/C18H11ClN4O2S/c19-13-5-1-11(2-6-13)15-9-20-18(26)22-10-16(21-17(15)22)12-3-7-14(8-4-12)23(24)25/h1-10,21H. The van der Waals surface area contributed by atoms with Gasteiger partial charge in [0.1, 0.15) is 5.65 Å². The van der Waals surface area contributed by atoms with Gasteiger partial charge >= 0.3 is 0 Å². The summed E-state index contributed by atoms with van der Waals surface area (Å²) in [6.07, 6.45) is 3.56. The van der Waals surface area contributed by atoms with E-state index in [2.05, 4.69) is 9.97 Å². The molecular weight excluding hydrogens is 372 g/mol. The Balaban J connectivity index is 1.87. The fraction of sp³-hybridized carbons (Fsp3) is 0. The lowest BCUT2D eigenvalue weighted by atomic mass is 10.1. The van der Waals surface area contributed by atoms with Gasteiger partial charge in [-0.15, -0.1) is 0 Å². The number of nitrogens with zero attached hydrogens (tertiary/aromatic N) is 3. The van der Waals surface area contributed by atoms with Crippen LogP contribution in [-0.4, -0.2) is 19.3 Å². The average molecular weight is 383 g/mol. The van der Waals surface area contributed by atoms with E-state index in [0.717, 1.165) is 28.0 Å². The minimum absolute atomic E-state index is 0.0463. The number of hydrogen-bond donors (Lipinski definition) is 1. The smallest absolute Gasteiger partial charge is 0.269 e. The average Bonchev–Trinajstić information content (AvgIpc) is 3.09. The van der Waals surface area contributed by atoms with Crippen LogP contribution >= 0.6 is 23.8 Å². The molecule has 2 aromatic heterocycles. The zero-order valence-corrected chi connectivity index (χ0v) is 14.8. The van der Waals surface area contributed by atoms with Crippen LogP contribution in [0.15, 0.2) is 60.9 Å². The van der Waals surface area contributed by atoms with E-state index < -0.39 is 4.92 Å². The van der Waals surface area contributed by atoms with Crippen LogP contribution in [-0.2, 0) is 0 Å². The number of hydrogen-bond acceptors (Lipinski definition) is 4. The van der Waals surface area contributed by atoms with Crippen molar-refractivity contribution in [2.24, 2.45) is 0 Å². The minimum atomic E-state index is -0.423. The third-order valence-corrected chi connectivity index (χ3v) is 4.62. The Labute approximate surface area is 157 Å². The van der Waals surface area contributed by atoms with Gasteiger partial charge in [-0.3, -0.25) is 14.5 Å². The topological polar surface area (TPSA) is 76.2 Å². The zero-order chi connectivity index (χ0) is 18.3. The largest absolute Gasteiger partial charge is 0.339 e. The molecule has 0 fully saturated rings. The number of aromatic amines is 1. The van der Waals surface area contributed by atoms with Crippen molar-refractivity contribution < 1.29 is 4.92 Å². The molecule has 26 heavy (non-hydrogen) atoms. The first-order valence-electron chi connectivity index (χ1n) is 7.64. The van der Waals surface area contributed by atoms with Crippen molar-refractivity contribution in [3.05, 3.63) is 80.8 Å². The van der Waals surface area contributed by atoms with E-state index in [1.807, 2.05) is 30.5 Å². The number of halogens is 1. The molecule has 0 saturated heterocycles. The summed E-state index contributed by atoms with van der Waals surface area (Å²) in [5, 5.41) is 11.5. The van der Waals surface area contributed by atoms with Crippen molar-refractivity contribution in [3.63, 3.8) is 0 Å². The van der Waals surface area contributed by atoms with Crippen molar-refractivity contribution in [3.8, 4) is 22.4 Å². The molecule has 0 aliphatic rings. The Bertz CT molecular complexity index is 1180. The third kappa shape index (κ3) is 2.87. The van der Waals surface area contributed by atoms with Crippen LogP contribution in [0.5, 0.6) is 0 Å². The van der Waals surface area contributed by atoms with Crippen molar-refractivity contribution in [2.75, 3.05) is 0 Å². The highest BCUT2D eigenvalue weighted by atomic mass is 35.5. The van der Waals surface area contributed by atoms with Gasteiger partial charge in [-0.2, -0.15) is 0 Å². The Morgan fingerprint density at radius 2 is 1.73 bits per heavy atom. The first kappa shape index (κ1) is 16.4. The molecule has 0 aliphatic carbocycles. The molecule has 0 amide bonds. The molecule has 1 N–H and O–H groups in total. The molecule has 0 spiro atoms. The molecule has 0 radical (unpaired) electrons. The summed E-state index contributed by atoms with van der Waals surface area (Å²) in [7, 11) is 0. The molecule has 0 atom stereocenters. The number of nitro groups is 1. The van der Waals surface area contributed by atoms with Gasteiger partial charge in [-0.05, 0) is 47.6 Å². The molecule has 128 valence electrons. The summed E-state index contributed by atoms with van der Waals surface area (Å²) in [4.78, 5) is 18.0. The quantitative estimate of drug-likeness (QED) is 0.297. The number of fused-ring (bicyclic) bond motifs is 1. The number of non-ortho nitro benzene ring substituents is 1. The molecule has 6 nitrogen and oxygen atoms in total. The predicted molar refractivity (Wildman–Crippen MR) is 103 cm³/mol. The zero-order valence-electron chi connectivity index (χ0n) is 13.2. The summed E-state index contributed by atoms with van der Waals surface area (Å²) in [6.45, 7) is 0. The van der Waals surface area contributed by atoms with E-state index in [0.29, 0.717) is 9.79 Å². The molecule has 2 aromatic carbocycles. The van der Waals surface area contributed by atoms with Crippen LogP contribution < -0.4 is 0 Å². The fourth-order valence-corrected chi connectivity index (χ4v) is 3.08. The molecule has 0 aliphatic heterocycles. The number of imidazole rings is 1. The Kier molecular flexibility index (Phi) is 4.02. The second-order valence-corrected chi connectivity index (χ2v) is 6.45. The van der Waals surface area contributed by atoms with Crippen LogP contribution in [0.1, 0.15) is 0 Å². The van der Waals surface area contributed by atoms with Gasteiger partial charge in [0.05, 0.1) is 10.6 Å². The maximum Gasteiger partial charge on any atom is 0.269 e. The van der Waals surface area contributed by atoms with Crippen molar-refractivity contribution >= 4 is 35.2 Å². The lowest BCUT2D eigenvalue weighted by Crippen LogP contribution is -1.92. The number of aromatic nitrogens is 3. The number of benzene rings is 2. The molecule has 0 bridgehead atoms. The summed E-state index contributed by atoms with van der Waals surface area (Å²) in [5.74, 6) is 0. The normalized spacial score (nSPS) is 11.0. The van der Waals surface area contributed by atoms with Gasteiger partial charge in [-0.1, -0.05) is 23.7 Å². The molecule has 4 rings (SSSR count). The lowest BCUT2D eigenvalue weighted by Gasteiger charge is -2.04. The van der Waals surface area contributed by atoms with E-state index in [1.165, 1.54) is 12.1 Å². The van der Waals surface area contributed by atoms with Gasteiger partial charge in [0, 0.05) is 35.1 Å². The second kappa shape index (κ2) is 6.36. The number of nitro benzene ring substituents is 1. The SMILES string of the molecule is O=[N+]([O-])c1ccc(-c2cn3c(=S)ncc(-c4ccc(Cl)cc4)c3[nH]2)cc1. The molecule has 0 unspecified atom stereocenters. The van der Waals surface area contributed by atoms with Crippen LogP contribution in [0.3, 0.4) is 0 Å². The van der Waals surface area contributed by atoms with E-state index in [9.17, 15) is 10.1 Å². The summed E-state index contributed by atoms with van der Waals surface area (Å²) >= 11 is 11.3. The first-order valence-corrected chi connectivity index (χ1v) is 8.43. The van der Waals surface area contributed by atoms with E-state index in [1.54, 1.807) is 22.7 Å². The van der Waals surface area contributed by atoms with Gasteiger partial charge in [-0.25, -0.2) is 4.98 Å². The molecule has 4 aromatic rings. The van der Waals surface area contributed by atoms with Crippen molar-refractivity contribution in [1.82, 2.24) is 14.4 Å².